The summed E-state index contributed by atoms with van der Waals surface area (Å²) in [5.74, 6) is 0. The zero-order valence-electron chi connectivity index (χ0n) is 6.83. The van der Waals surface area contributed by atoms with Gasteiger partial charge in [0.25, 0.3) is 0 Å². The lowest BCUT2D eigenvalue weighted by molar-refractivity contribution is -0.0721. The van der Waals surface area contributed by atoms with E-state index >= 15 is 0 Å². The summed E-state index contributed by atoms with van der Waals surface area (Å²) < 4.78 is 5.92. The Hall–Kier alpha value is -0.130. The Morgan fingerprint density at radius 3 is 2.75 bits per heavy atom. The zero-order valence-corrected chi connectivity index (χ0v) is 8.98. The molecular formula is C9H11IO2. The van der Waals surface area contributed by atoms with Gasteiger partial charge in [-0.3, -0.25) is 0 Å². The van der Waals surface area contributed by atoms with Gasteiger partial charge < -0.3 is 9.84 Å². The van der Waals surface area contributed by atoms with Crippen LogP contribution in [0.25, 0.3) is 0 Å². The first kappa shape index (κ1) is 9.95. The topological polar surface area (TPSA) is 29.5 Å². The van der Waals surface area contributed by atoms with Crippen LogP contribution in [0.2, 0.25) is 0 Å². The van der Waals surface area contributed by atoms with Gasteiger partial charge in [0.15, 0.2) is 6.29 Å². The first-order valence-corrected chi connectivity index (χ1v) is 4.76. The average Bonchev–Trinajstić information content (AvgIpc) is 2.09. The molecule has 1 N–H and O–H groups in total. The van der Waals surface area contributed by atoms with E-state index in [0.717, 1.165) is 9.13 Å². The third-order valence-corrected chi connectivity index (χ3v) is 2.68. The number of methoxy groups -OCH3 is 1. The van der Waals surface area contributed by atoms with E-state index in [1.165, 1.54) is 7.11 Å². The van der Waals surface area contributed by atoms with Gasteiger partial charge in [0.1, 0.15) is 0 Å². The van der Waals surface area contributed by atoms with Gasteiger partial charge in [-0.25, -0.2) is 0 Å². The first-order chi connectivity index (χ1) is 5.74. The summed E-state index contributed by atoms with van der Waals surface area (Å²) >= 11 is 2.24. The van der Waals surface area contributed by atoms with Crippen molar-refractivity contribution in [2.24, 2.45) is 0 Å². The van der Waals surface area contributed by atoms with E-state index < -0.39 is 6.29 Å². The van der Waals surface area contributed by atoms with Gasteiger partial charge in [0, 0.05) is 17.1 Å². The summed E-state index contributed by atoms with van der Waals surface area (Å²) in [6, 6.07) is 7.94. The van der Waals surface area contributed by atoms with Crippen LogP contribution >= 0.6 is 22.6 Å². The number of rotatable bonds is 3. The van der Waals surface area contributed by atoms with E-state index in [2.05, 4.69) is 22.6 Å². The second-order valence-electron chi connectivity index (χ2n) is 2.49. The van der Waals surface area contributed by atoms with Gasteiger partial charge in [-0.1, -0.05) is 18.2 Å². The molecule has 12 heavy (non-hydrogen) atoms. The van der Waals surface area contributed by atoms with E-state index in [1.807, 2.05) is 24.3 Å². The van der Waals surface area contributed by atoms with E-state index in [4.69, 9.17) is 4.74 Å². The lowest BCUT2D eigenvalue weighted by Crippen LogP contribution is -2.12. The molecule has 0 bridgehead atoms. The third-order valence-electron chi connectivity index (χ3n) is 1.62. The number of benzene rings is 1. The van der Waals surface area contributed by atoms with Crippen molar-refractivity contribution < 1.29 is 9.84 Å². The van der Waals surface area contributed by atoms with Crippen molar-refractivity contribution in [3.63, 3.8) is 0 Å². The quantitative estimate of drug-likeness (QED) is 0.675. The fourth-order valence-electron chi connectivity index (χ4n) is 0.935. The Bertz CT molecular complexity index is 250. The largest absolute Gasteiger partial charge is 0.368 e. The molecule has 0 aliphatic carbocycles. The number of aliphatic hydroxyl groups is 1. The van der Waals surface area contributed by atoms with Crippen molar-refractivity contribution in [1.29, 1.82) is 0 Å². The van der Waals surface area contributed by atoms with Crippen molar-refractivity contribution in [1.82, 2.24) is 0 Å². The first-order valence-electron chi connectivity index (χ1n) is 3.68. The predicted octanol–water partition coefficient (Wildman–Crippen LogP) is 1.80. The molecule has 1 atom stereocenters. The van der Waals surface area contributed by atoms with Gasteiger partial charge in [-0.05, 0) is 34.2 Å². The number of ether oxygens (including phenoxy) is 1. The Labute approximate surface area is 85.7 Å². The van der Waals surface area contributed by atoms with Crippen molar-refractivity contribution in [3.05, 3.63) is 33.4 Å². The minimum Gasteiger partial charge on any atom is -0.368 e. The standard InChI is InChI=1S/C9H11IO2/c1-12-9(11)6-7-4-2-3-5-8(7)10/h2-5,9,11H,6H2,1H3. The van der Waals surface area contributed by atoms with E-state index in [1.54, 1.807) is 0 Å². The highest BCUT2D eigenvalue weighted by molar-refractivity contribution is 14.1. The smallest absolute Gasteiger partial charge is 0.158 e. The predicted molar refractivity (Wildman–Crippen MR) is 55.9 cm³/mol. The molecule has 0 radical (unpaired) electrons. The van der Waals surface area contributed by atoms with Crippen molar-refractivity contribution in [3.8, 4) is 0 Å². The number of hydrogen-bond acceptors (Lipinski definition) is 2. The minimum absolute atomic E-state index is 0.551. The van der Waals surface area contributed by atoms with Gasteiger partial charge in [-0.2, -0.15) is 0 Å². The van der Waals surface area contributed by atoms with Crippen molar-refractivity contribution in [2.45, 2.75) is 12.7 Å². The van der Waals surface area contributed by atoms with Crippen molar-refractivity contribution >= 4 is 22.6 Å². The summed E-state index contributed by atoms with van der Waals surface area (Å²) in [4.78, 5) is 0. The molecule has 0 fully saturated rings. The molecule has 1 aromatic rings. The fourth-order valence-corrected chi connectivity index (χ4v) is 1.54. The number of halogens is 1. The fraction of sp³-hybridized carbons (Fsp3) is 0.333. The van der Waals surface area contributed by atoms with Gasteiger partial charge in [0.2, 0.25) is 0 Å². The maximum atomic E-state index is 9.21. The van der Waals surface area contributed by atoms with Crippen LogP contribution in [0.5, 0.6) is 0 Å². The maximum Gasteiger partial charge on any atom is 0.158 e. The molecule has 0 saturated heterocycles. The summed E-state index contributed by atoms with van der Waals surface area (Å²) in [7, 11) is 1.50. The highest BCUT2D eigenvalue weighted by atomic mass is 127. The van der Waals surface area contributed by atoms with Gasteiger partial charge in [0.05, 0.1) is 0 Å². The van der Waals surface area contributed by atoms with E-state index in [0.29, 0.717) is 6.42 Å². The minimum atomic E-state index is -0.694. The van der Waals surface area contributed by atoms with Crippen LogP contribution in [-0.4, -0.2) is 18.5 Å². The Morgan fingerprint density at radius 1 is 1.50 bits per heavy atom. The monoisotopic (exact) mass is 278 g/mol. The van der Waals surface area contributed by atoms with Crippen LogP contribution in [0.15, 0.2) is 24.3 Å². The molecular weight excluding hydrogens is 267 g/mol. The molecule has 66 valence electrons. The molecule has 1 aromatic carbocycles. The Morgan fingerprint density at radius 2 is 2.17 bits per heavy atom. The van der Waals surface area contributed by atoms with Crippen LogP contribution in [-0.2, 0) is 11.2 Å². The number of aliphatic hydroxyl groups excluding tert-OH is 1. The zero-order chi connectivity index (χ0) is 8.97. The van der Waals surface area contributed by atoms with Crippen LogP contribution in [0.1, 0.15) is 5.56 Å². The normalized spacial score (nSPS) is 12.9. The molecule has 3 heteroatoms. The average molecular weight is 278 g/mol. The SMILES string of the molecule is COC(O)Cc1ccccc1I. The van der Waals surface area contributed by atoms with E-state index in [9.17, 15) is 5.11 Å². The molecule has 1 unspecified atom stereocenters. The summed E-state index contributed by atoms with van der Waals surface area (Å²) in [5, 5.41) is 9.21. The summed E-state index contributed by atoms with van der Waals surface area (Å²) in [6.45, 7) is 0. The van der Waals surface area contributed by atoms with E-state index in [-0.39, 0.29) is 0 Å². The van der Waals surface area contributed by atoms with Crippen LogP contribution in [0.3, 0.4) is 0 Å². The molecule has 0 heterocycles. The molecule has 0 amide bonds. The highest BCUT2D eigenvalue weighted by Crippen LogP contribution is 2.13. The summed E-state index contributed by atoms with van der Waals surface area (Å²) in [6.07, 6.45) is -0.142. The summed E-state index contributed by atoms with van der Waals surface area (Å²) in [5.41, 5.74) is 1.12. The molecule has 0 aliphatic rings. The molecule has 2 nitrogen and oxygen atoms in total. The lowest BCUT2D eigenvalue weighted by Gasteiger charge is -2.09. The second kappa shape index (κ2) is 4.79. The molecule has 0 spiro atoms. The molecule has 0 saturated carbocycles. The van der Waals surface area contributed by atoms with Crippen LogP contribution in [0.4, 0.5) is 0 Å². The maximum absolute atomic E-state index is 9.21. The van der Waals surface area contributed by atoms with Crippen LogP contribution < -0.4 is 0 Å². The molecule has 1 rings (SSSR count). The third kappa shape index (κ3) is 2.73. The Kier molecular flexibility index (Phi) is 3.97. The number of hydrogen-bond donors (Lipinski definition) is 1. The van der Waals surface area contributed by atoms with Crippen molar-refractivity contribution in [2.75, 3.05) is 7.11 Å². The second-order valence-corrected chi connectivity index (χ2v) is 3.65. The Balaban J connectivity index is 2.69. The van der Waals surface area contributed by atoms with Gasteiger partial charge >= 0.3 is 0 Å². The molecule has 0 aliphatic heterocycles. The highest BCUT2D eigenvalue weighted by Gasteiger charge is 2.05. The lowest BCUT2D eigenvalue weighted by atomic mass is 10.1. The molecule has 0 aromatic heterocycles. The van der Waals surface area contributed by atoms with Crippen LogP contribution in [0, 0.1) is 3.57 Å². The van der Waals surface area contributed by atoms with Gasteiger partial charge in [-0.15, -0.1) is 0 Å².